The molecule has 1 heterocycles. The number of hydrogen-bond acceptors (Lipinski definition) is 2. The third kappa shape index (κ3) is 2.27. The van der Waals surface area contributed by atoms with Crippen molar-refractivity contribution in [1.29, 1.82) is 0 Å². The summed E-state index contributed by atoms with van der Waals surface area (Å²) in [6.45, 7) is 8.22. The first kappa shape index (κ1) is 13.1. The van der Waals surface area contributed by atoms with Gasteiger partial charge in [-0.25, -0.2) is 0 Å². The Hall–Kier alpha value is -1.35. The van der Waals surface area contributed by atoms with E-state index < -0.39 is 6.10 Å². The van der Waals surface area contributed by atoms with E-state index in [1.807, 2.05) is 19.9 Å². The third-order valence-electron chi connectivity index (χ3n) is 3.69. The molecule has 0 saturated carbocycles. The van der Waals surface area contributed by atoms with Gasteiger partial charge in [0, 0.05) is 5.69 Å². The largest absolute Gasteiger partial charge is 0.388 e. The molecule has 0 fully saturated rings. The molecule has 1 aliphatic rings. The van der Waals surface area contributed by atoms with E-state index in [1.165, 1.54) is 0 Å². The van der Waals surface area contributed by atoms with Crippen molar-refractivity contribution < 1.29 is 9.90 Å². The SMILES string of the molecule is Cc1c(C(O)CC(C)C)cc2c(c1C)NC(=O)C2. The summed E-state index contributed by atoms with van der Waals surface area (Å²) in [5, 5.41) is 13.2. The molecular weight excluding hydrogens is 226 g/mol. The minimum Gasteiger partial charge on any atom is -0.388 e. The summed E-state index contributed by atoms with van der Waals surface area (Å²) < 4.78 is 0. The maximum atomic E-state index is 11.4. The van der Waals surface area contributed by atoms with E-state index in [2.05, 4.69) is 19.2 Å². The first-order chi connectivity index (χ1) is 8.40. The van der Waals surface area contributed by atoms with Crippen LogP contribution in [0, 0.1) is 19.8 Å². The fourth-order valence-corrected chi connectivity index (χ4v) is 2.60. The van der Waals surface area contributed by atoms with E-state index in [0.717, 1.165) is 34.4 Å². The minimum atomic E-state index is -0.440. The normalized spacial score (nSPS) is 15.8. The summed E-state index contributed by atoms with van der Waals surface area (Å²) in [6, 6.07) is 1.99. The smallest absolute Gasteiger partial charge is 0.228 e. The van der Waals surface area contributed by atoms with Crippen LogP contribution in [0.4, 0.5) is 5.69 Å². The van der Waals surface area contributed by atoms with Crippen LogP contribution < -0.4 is 5.32 Å². The van der Waals surface area contributed by atoms with Gasteiger partial charge in [-0.3, -0.25) is 4.79 Å². The lowest BCUT2D eigenvalue weighted by molar-refractivity contribution is -0.115. The summed E-state index contributed by atoms with van der Waals surface area (Å²) >= 11 is 0. The van der Waals surface area contributed by atoms with Crippen LogP contribution in [0.25, 0.3) is 0 Å². The Morgan fingerprint density at radius 3 is 2.61 bits per heavy atom. The van der Waals surface area contributed by atoms with E-state index in [1.54, 1.807) is 0 Å². The number of anilines is 1. The number of benzene rings is 1. The van der Waals surface area contributed by atoms with Crippen LogP contribution in [0.15, 0.2) is 6.07 Å². The second-order valence-corrected chi connectivity index (χ2v) is 5.62. The highest BCUT2D eigenvalue weighted by Gasteiger charge is 2.24. The number of nitrogens with one attached hydrogen (secondary N) is 1. The molecule has 0 spiro atoms. The maximum Gasteiger partial charge on any atom is 0.228 e. The highest BCUT2D eigenvalue weighted by atomic mass is 16.3. The first-order valence-corrected chi connectivity index (χ1v) is 6.51. The number of carbonyl (C=O) groups is 1. The molecule has 3 heteroatoms. The van der Waals surface area contributed by atoms with Gasteiger partial charge in [0.1, 0.15) is 0 Å². The van der Waals surface area contributed by atoms with Gasteiger partial charge in [-0.15, -0.1) is 0 Å². The maximum absolute atomic E-state index is 11.4. The van der Waals surface area contributed by atoms with Gasteiger partial charge in [0.2, 0.25) is 5.91 Å². The summed E-state index contributed by atoms with van der Waals surface area (Å²) in [7, 11) is 0. The summed E-state index contributed by atoms with van der Waals surface area (Å²) in [5.41, 5.74) is 5.09. The number of fused-ring (bicyclic) bond motifs is 1. The molecule has 1 aliphatic heterocycles. The number of rotatable bonds is 3. The van der Waals surface area contributed by atoms with Crippen molar-refractivity contribution in [2.24, 2.45) is 5.92 Å². The second-order valence-electron chi connectivity index (χ2n) is 5.62. The molecule has 0 radical (unpaired) electrons. The zero-order valence-electron chi connectivity index (χ0n) is 11.5. The number of amides is 1. The molecule has 3 nitrogen and oxygen atoms in total. The van der Waals surface area contributed by atoms with Crippen LogP contribution >= 0.6 is 0 Å². The van der Waals surface area contributed by atoms with Gasteiger partial charge in [0.25, 0.3) is 0 Å². The van der Waals surface area contributed by atoms with E-state index in [4.69, 9.17) is 0 Å². The molecule has 1 amide bonds. The average Bonchev–Trinajstić information content (AvgIpc) is 2.63. The number of aliphatic hydroxyl groups is 1. The third-order valence-corrected chi connectivity index (χ3v) is 3.69. The van der Waals surface area contributed by atoms with Crippen LogP contribution in [0.5, 0.6) is 0 Å². The lowest BCUT2D eigenvalue weighted by Gasteiger charge is -2.19. The van der Waals surface area contributed by atoms with Crippen LogP contribution in [0.1, 0.15) is 48.6 Å². The Balaban J connectivity index is 2.42. The number of carbonyl (C=O) groups excluding carboxylic acids is 1. The molecule has 2 N–H and O–H groups in total. The summed E-state index contributed by atoms with van der Waals surface area (Å²) in [4.78, 5) is 11.4. The predicted molar refractivity (Wildman–Crippen MR) is 72.7 cm³/mol. The average molecular weight is 247 g/mol. The fourth-order valence-electron chi connectivity index (χ4n) is 2.60. The van der Waals surface area contributed by atoms with Gasteiger partial charge in [-0.1, -0.05) is 19.9 Å². The zero-order valence-corrected chi connectivity index (χ0v) is 11.5. The van der Waals surface area contributed by atoms with Gasteiger partial charge in [0.15, 0.2) is 0 Å². The number of aliphatic hydroxyl groups excluding tert-OH is 1. The fraction of sp³-hybridized carbons (Fsp3) is 0.533. The molecule has 1 atom stereocenters. The molecule has 1 aromatic rings. The van der Waals surface area contributed by atoms with Gasteiger partial charge in [0.05, 0.1) is 12.5 Å². The predicted octanol–water partition coefficient (Wildman–Crippen LogP) is 2.88. The van der Waals surface area contributed by atoms with Gasteiger partial charge in [-0.2, -0.15) is 0 Å². The van der Waals surface area contributed by atoms with Crippen LogP contribution in [-0.2, 0) is 11.2 Å². The molecule has 0 aromatic heterocycles. The molecule has 0 bridgehead atoms. The number of hydrogen-bond donors (Lipinski definition) is 2. The van der Waals surface area contributed by atoms with Crippen molar-refractivity contribution in [1.82, 2.24) is 0 Å². The molecule has 0 saturated heterocycles. The van der Waals surface area contributed by atoms with Crippen molar-refractivity contribution in [2.75, 3.05) is 5.32 Å². The molecule has 0 aliphatic carbocycles. The van der Waals surface area contributed by atoms with Crippen LogP contribution in [-0.4, -0.2) is 11.0 Å². The summed E-state index contributed by atoms with van der Waals surface area (Å²) in [5.74, 6) is 0.496. The van der Waals surface area contributed by atoms with Crippen molar-refractivity contribution in [2.45, 2.75) is 46.6 Å². The molecule has 18 heavy (non-hydrogen) atoms. The monoisotopic (exact) mass is 247 g/mol. The minimum absolute atomic E-state index is 0.0444. The molecule has 1 unspecified atom stereocenters. The Morgan fingerprint density at radius 2 is 2.00 bits per heavy atom. The van der Waals surface area contributed by atoms with Gasteiger partial charge >= 0.3 is 0 Å². The molecule has 1 aromatic carbocycles. The Kier molecular flexibility index (Phi) is 3.44. The van der Waals surface area contributed by atoms with Gasteiger partial charge < -0.3 is 10.4 Å². The van der Waals surface area contributed by atoms with Gasteiger partial charge in [-0.05, 0) is 48.4 Å². The summed E-state index contributed by atoms with van der Waals surface area (Å²) in [6.07, 6.45) is 0.739. The standard InChI is InChI=1S/C15H21NO2/c1-8(2)5-13(17)12-6-11-7-14(18)16-15(11)10(4)9(12)3/h6,8,13,17H,5,7H2,1-4H3,(H,16,18). The van der Waals surface area contributed by atoms with Crippen molar-refractivity contribution in [3.63, 3.8) is 0 Å². The van der Waals surface area contributed by atoms with Crippen molar-refractivity contribution >= 4 is 11.6 Å². The van der Waals surface area contributed by atoms with E-state index >= 15 is 0 Å². The highest BCUT2D eigenvalue weighted by molar-refractivity contribution is 6.00. The lowest BCUT2D eigenvalue weighted by Crippen LogP contribution is -2.07. The van der Waals surface area contributed by atoms with Crippen LogP contribution in [0.2, 0.25) is 0 Å². The Morgan fingerprint density at radius 1 is 1.33 bits per heavy atom. The Bertz CT molecular complexity index is 492. The lowest BCUT2D eigenvalue weighted by atomic mass is 9.91. The molecular formula is C15H21NO2. The van der Waals surface area contributed by atoms with E-state index in [9.17, 15) is 9.90 Å². The first-order valence-electron chi connectivity index (χ1n) is 6.51. The highest BCUT2D eigenvalue weighted by Crippen LogP contribution is 2.35. The quantitative estimate of drug-likeness (QED) is 0.863. The second kappa shape index (κ2) is 4.73. The Labute approximate surface area is 108 Å². The molecule has 98 valence electrons. The topological polar surface area (TPSA) is 49.3 Å². The van der Waals surface area contributed by atoms with Crippen molar-refractivity contribution in [3.05, 3.63) is 28.3 Å². The van der Waals surface area contributed by atoms with Crippen molar-refractivity contribution in [3.8, 4) is 0 Å². The zero-order chi connectivity index (χ0) is 13.4. The van der Waals surface area contributed by atoms with E-state index in [0.29, 0.717) is 12.3 Å². The molecule has 2 rings (SSSR count). The van der Waals surface area contributed by atoms with E-state index in [-0.39, 0.29) is 5.91 Å². The van der Waals surface area contributed by atoms with Crippen LogP contribution in [0.3, 0.4) is 0 Å².